The summed E-state index contributed by atoms with van der Waals surface area (Å²) in [5, 5.41) is 0.749. The smallest absolute Gasteiger partial charge is 0.224 e. The minimum Gasteiger partial charge on any atom is -0.318 e. The predicted molar refractivity (Wildman–Crippen MR) is 86.1 cm³/mol. The van der Waals surface area contributed by atoms with Gasteiger partial charge in [0.25, 0.3) is 0 Å². The molecule has 0 saturated carbocycles. The van der Waals surface area contributed by atoms with Crippen molar-refractivity contribution < 1.29 is 14.4 Å². The highest BCUT2D eigenvalue weighted by Gasteiger charge is 2.26. The highest BCUT2D eigenvalue weighted by Crippen LogP contribution is 2.18. The van der Waals surface area contributed by atoms with E-state index in [4.69, 9.17) is 0 Å². The van der Waals surface area contributed by atoms with Crippen LogP contribution >= 0.6 is 0 Å². The minimum atomic E-state index is -0.139. The van der Waals surface area contributed by atoms with E-state index in [0.29, 0.717) is 35.7 Å². The molecule has 7 heteroatoms. The van der Waals surface area contributed by atoms with Gasteiger partial charge in [-0.2, -0.15) is 0 Å². The van der Waals surface area contributed by atoms with Gasteiger partial charge in [0.1, 0.15) is 5.82 Å². The van der Waals surface area contributed by atoms with Crippen LogP contribution in [-0.2, 0) is 14.4 Å². The van der Waals surface area contributed by atoms with E-state index in [9.17, 15) is 14.4 Å². The summed E-state index contributed by atoms with van der Waals surface area (Å²) in [5.41, 5.74) is 0. The molecule has 6 nitrogen and oxygen atoms in total. The summed E-state index contributed by atoms with van der Waals surface area (Å²) >= 11 is 0. The van der Waals surface area contributed by atoms with Crippen molar-refractivity contribution in [2.75, 3.05) is 19.6 Å². The van der Waals surface area contributed by atoms with Crippen molar-refractivity contribution in [2.45, 2.75) is 41.5 Å². The Balaban J connectivity index is 6.17. The first-order valence-corrected chi connectivity index (χ1v) is 8.27. The molecule has 0 aliphatic heterocycles. The Bertz CT molecular complexity index is 425. The Morgan fingerprint density at radius 3 is 1.19 bits per heavy atom. The van der Waals surface area contributed by atoms with Gasteiger partial charge >= 0.3 is 0 Å². The molecule has 0 rings (SSSR count). The molecule has 0 aliphatic carbocycles. The number of carbonyl (C=O) groups is 3. The first-order valence-electron chi connectivity index (χ1n) is 7.27. The Labute approximate surface area is 130 Å². The lowest BCUT2D eigenvalue weighted by atomic mass is 10.3. The van der Waals surface area contributed by atoms with E-state index >= 15 is 0 Å². The van der Waals surface area contributed by atoms with E-state index in [0.717, 1.165) is 5.32 Å². The molecule has 120 valence electrons. The van der Waals surface area contributed by atoms with Crippen molar-refractivity contribution in [2.24, 2.45) is 0 Å². The maximum absolute atomic E-state index is 11.9. The third-order valence-electron chi connectivity index (χ3n) is 3.33. The third-order valence-corrected chi connectivity index (χ3v) is 4.32. The minimum absolute atomic E-state index is 0.0841. The van der Waals surface area contributed by atoms with Gasteiger partial charge in [0, 0.05) is 45.7 Å². The molecule has 21 heavy (non-hydrogen) atoms. The van der Waals surface area contributed by atoms with Gasteiger partial charge in [-0.15, -0.1) is 0 Å². The molecule has 0 atom stereocenters. The van der Waals surface area contributed by atoms with Gasteiger partial charge < -0.3 is 4.90 Å². The molecule has 0 fully saturated rings. The number of hydrogen-bond acceptors (Lipinski definition) is 3. The number of hydrogen-bond donors (Lipinski definition) is 0. The second-order valence-corrected chi connectivity index (χ2v) is 5.65. The summed E-state index contributed by atoms with van der Waals surface area (Å²) in [6.07, 6.45) is 0. The molecule has 0 bridgehead atoms. The lowest BCUT2D eigenvalue weighted by molar-refractivity contribution is -0.133. The second-order valence-electron chi connectivity index (χ2n) is 4.70. The highest BCUT2D eigenvalue weighted by molar-refractivity contribution is 6.23. The van der Waals surface area contributed by atoms with E-state index < -0.39 is 0 Å². The highest BCUT2D eigenvalue weighted by atomic mass is 28.1. The van der Waals surface area contributed by atoms with Crippen LogP contribution in [0.15, 0.2) is 11.1 Å². The molecule has 0 radical (unpaired) electrons. The molecule has 0 aromatic carbocycles. The molecule has 3 amide bonds. The van der Waals surface area contributed by atoms with Crippen molar-refractivity contribution in [1.29, 1.82) is 0 Å². The van der Waals surface area contributed by atoms with Gasteiger partial charge in [-0.1, -0.05) is 0 Å². The lowest BCUT2D eigenvalue weighted by Crippen LogP contribution is -2.44. The molecule has 0 unspecified atom stereocenters. The summed E-state index contributed by atoms with van der Waals surface area (Å²) in [6.45, 7) is 11.4. The molecular formula is C14H27N3O3Si. The molecule has 0 heterocycles. The van der Waals surface area contributed by atoms with Crippen LogP contribution in [0.4, 0.5) is 0 Å². The van der Waals surface area contributed by atoms with Crippen molar-refractivity contribution >= 4 is 28.0 Å². The molecule has 0 saturated heterocycles. The molecule has 0 aromatic heterocycles. The first kappa shape index (κ1) is 19.4. The Morgan fingerprint density at radius 1 is 0.714 bits per heavy atom. The zero-order chi connectivity index (χ0) is 16.7. The average molecular weight is 313 g/mol. The quantitative estimate of drug-likeness (QED) is 0.653. The number of carbonyl (C=O) groups excluding carboxylic acids is 3. The summed E-state index contributed by atoms with van der Waals surface area (Å²) < 4.78 is 0. The maximum atomic E-state index is 11.9. The Kier molecular flexibility index (Phi) is 7.94. The van der Waals surface area contributed by atoms with Crippen LogP contribution in [0.2, 0.25) is 0 Å². The monoisotopic (exact) mass is 313 g/mol. The zero-order valence-corrected chi connectivity index (χ0v) is 16.2. The number of amides is 3. The summed E-state index contributed by atoms with van der Waals surface area (Å²) in [7, 11) is 0.556. The molecule has 0 aliphatic rings. The molecule has 0 spiro atoms. The Hall–Kier alpha value is -1.63. The number of nitrogens with zero attached hydrogens (tertiary/aromatic N) is 3. The van der Waals surface area contributed by atoms with Crippen molar-refractivity contribution in [3.63, 3.8) is 0 Å². The summed E-state index contributed by atoms with van der Waals surface area (Å²) in [4.78, 5) is 40.3. The van der Waals surface area contributed by atoms with Gasteiger partial charge in [0.05, 0.1) is 10.2 Å². The largest absolute Gasteiger partial charge is 0.318 e. The van der Waals surface area contributed by atoms with E-state index in [2.05, 4.69) is 0 Å². The van der Waals surface area contributed by atoms with Crippen molar-refractivity contribution in [3.05, 3.63) is 11.1 Å². The van der Waals surface area contributed by atoms with E-state index in [1.165, 1.54) is 20.8 Å². The Morgan fingerprint density at radius 2 is 1.00 bits per heavy atom. The summed E-state index contributed by atoms with van der Waals surface area (Å²) in [5.74, 6) is 0.184. The molecule has 0 aromatic rings. The predicted octanol–water partition coefficient (Wildman–Crippen LogP) is 0.0836. The van der Waals surface area contributed by atoms with Crippen molar-refractivity contribution in [1.82, 2.24) is 14.7 Å². The van der Waals surface area contributed by atoms with Gasteiger partial charge in [0.15, 0.2) is 0 Å². The average Bonchev–Trinajstić information content (AvgIpc) is 2.37. The van der Waals surface area contributed by atoms with Gasteiger partial charge in [-0.25, -0.2) is 0 Å². The molecular weight excluding hydrogens is 286 g/mol. The zero-order valence-electron chi connectivity index (χ0n) is 14.2. The van der Waals surface area contributed by atoms with Crippen LogP contribution in [0.3, 0.4) is 0 Å². The topological polar surface area (TPSA) is 60.9 Å². The van der Waals surface area contributed by atoms with Crippen LogP contribution in [0, 0.1) is 0 Å². The fourth-order valence-electron chi connectivity index (χ4n) is 2.40. The first-order chi connectivity index (χ1) is 9.72. The van der Waals surface area contributed by atoms with E-state index in [1.54, 1.807) is 14.7 Å². The van der Waals surface area contributed by atoms with Crippen LogP contribution in [-0.4, -0.2) is 62.3 Å². The number of rotatable bonds is 6. The fraction of sp³-hybridized carbons (Fsp3) is 0.643. The van der Waals surface area contributed by atoms with Crippen molar-refractivity contribution in [3.8, 4) is 0 Å². The van der Waals surface area contributed by atoms with Crippen LogP contribution in [0.1, 0.15) is 41.5 Å². The maximum Gasteiger partial charge on any atom is 0.224 e. The lowest BCUT2D eigenvalue weighted by Gasteiger charge is -2.35. The SMILES string of the molecule is CCN(C(C)=O)C([SiH3])=C(N(CC)C(C)=O)N(CC)C(C)=O. The van der Waals surface area contributed by atoms with Crippen LogP contribution < -0.4 is 0 Å². The van der Waals surface area contributed by atoms with Crippen LogP contribution in [0.25, 0.3) is 0 Å². The standard InChI is InChI=1S/C14H27N3O3Si/c1-7-15(10(4)18)13(16(8-2)11(5)19)14(21)17(9-3)12(6)20/h7-9H2,1-6,21H3. The third kappa shape index (κ3) is 4.70. The van der Waals surface area contributed by atoms with Gasteiger partial charge in [-0.3, -0.25) is 24.2 Å². The van der Waals surface area contributed by atoms with Gasteiger partial charge in [0.2, 0.25) is 17.7 Å². The molecule has 0 N–H and O–H groups in total. The summed E-state index contributed by atoms with van der Waals surface area (Å²) in [6, 6.07) is 0. The second kappa shape index (κ2) is 8.61. The van der Waals surface area contributed by atoms with Crippen LogP contribution in [0.5, 0.6) is 0 Å². The fourth-order valence-corrected chi connectivity index (χ4v) is 3.57. The normalized spacial score (nSPS) is 10.0. The van der Waals surface area contributed by atoms with E-state index in [1.807, 2.05) is 20.8 Å². The van der Waals surface area contributed by atoms with E-state index in [-0.39, 0.29) is 17.7 Å². The van der Waals surface area contributed by atoms with Gasteiger partial charge in [-0.05, 0) is 20.8 Å².